The molecule has 3 nitrogen and oxygen atoms in total. The van der Waals surface area contributed by atoms with Crippen molar-refractivity contribution in [2.24, 2.45) is 0 Å². The molecular formula is C10H8N2O. The van der Waals surface area contributed by atoms with Crippen molar-refractivity contribution in [1.82, 2.24) is 0 Å². The fraction of sp³-hybridized carbons (Fsp3) is 0. The number of para-hydroxylation sites is 2. The molecule has 3 rings (SSSR count). The summed E-state index contributed by atoms with van der Waals surface area (Å²) >= 11 is 0. The van der Waals surface area contributed by atoms with Crippen molar-refractivity contribution in [2.45, 2.75) is 0 Å². The number of nitrogens with one attached hydrogen (secondary N) is 1. The standard InChI is InChI=1S/C10H8N2O/c1-2-4-9-8(3-1)11-10-7-13-6-5-12(9)10/h1-7,11H. The van der Waals surface area contributed by atoms with Crippen molar-refractivity contribution in [3.8, 4) is 0 Å². The van der Waals surface area contributed by atoms with Gasteiger partial charge in [0.1, 0.15) is 12.5 Å². The maximum atomic E-state index is 5.07. The molecule has 0 aliphatic carbocycles. The third-order valence-corrected chi connectivity index (χ3v) is 2.15. The molecule has 0 atom stereocenters. The summed E-state index contributed by atoms with van der Waals surface area (Å²) in [5.41, 5.74) is 2.28. The highest BCUT2D eigenvalue weighted by Crippen LogP contribution is 2.37. The van der Waals surface area contributed by atoms with Gasteiger partial charge in [0.15, 0.2) is 5.82 Å². The lowest BCUT2D eigenvalue weighted by atomic mass is 10.3. The SMILES string of the molecule is C1=CN2C(=CO1)Nc1ccccc12. The molecule has 1 aromatic rings. The number of anilines is 2. The zero-order valence-electron chi connectivity index (χ0n) is 6.90. The van der Waals surface area contributed by atoms with Crippen molar-refractivity contribution in [3.63, 3.8) is 0 Å². The summed E-state index contributed by atoms with van der Waals surface area (Å²) in [5, 5.41) is 3.25. The number of nitrogens with zero attached hydrogens (tertiary/aromatic N) is 1. The van der Waals surface area contributed by atoms with Crippen LogP contribution in [-0.4, -0.2) is 0 Å². The molecule has 0 saturated carbocycles. The maximum Gasteiger partial charge on any atom is 0.151 e. The number of hydrogen-bond donors (Lipinski definition) is 1. The normalized spacial score (nSPS) is 16.9. The van der Waals surface area contributed by atoms with E-state index in [2.05, 4.69) is 16.3 Å². The lowest BCUT2D eigenvalue weighted by molar-refractivity contribution is 0.389. The highest BCUT2D eigenvalue weighted by atomic mass is 16.5. The van der Waals surface area contributed by atoms with Gasteiger partial charge in [-0.2, -0.15) is 0 Å². The van der Waals surface area contributed by atoms with Crippen LogP contribution in [0.25, 0.3) is 0 Å². The van der Waals surface area contributed by atoms with E-state index in [4.69, 9.17) is 4.74 Å². The van der Waals surface area contributed by atoms with Crippen LogP contribution in [0.2, 0.25) is 0 Å². The van der Waals surface area contributed by atoms with Gasteiger partial charge in [0.2, 0.25) is 0 Å². The molecule has 64 valence electrons. The molecule has 2 heterocycles. The molecule has 3 heteroatoms. The summed E-state index contributed by atoms with van der Waals surface area (Å²) in [4.78, 5) is 2.05. The molecule has 1 N–H and O–H groups in total. The Hall–Kier alpha value is -1.90. The van der Waals surface area contributed by atoms with Gasteiger partial charge < -0.3 is 10.1 Å². The zero-order valence-corrected chi connectivity index (χ0v) is 6.90. The zero-order chi connectivity index (χ0) is 8.67. The highest BCUT2D eigenvalue weighted by molar-refractivity contribution is 5.82. The molecule has 0 aromatic heterocycles. The van der Waals surface area contributed by atoms with Crippen LogP contribution < -0.4 is 10.2 Å². The Morgan fingerprint density at radius 3 is 3.15 bits per heavy atom. The Morgan fingerprint density at radius 2 is 2.15 bits per heavy atom. The van der Waals surface area contributed by atoms with Crippen LogP contribution in [0.3, 0.4) is 0 Å². The Kier molecular flexibility index (Phi) is 1.16. The van der Waals surface area contributed by atoms with E-state index in [1.165, 1.54) is 0 Å². The first-order chi connectivity index (χ1) is 6.45. The Labute approximate surface area is 75.9 Å². The van der Waals surface area contributed by atoms with E-state index >= 15 is 0 Å². The summed E-state index contributed by atoms with van der Waals surface area (Å²) in [6, 6.07) is 8.14. The number of hydrogen-bond acceptors (Lipinski definition) is 3. The average molecular weight is 172 g/mol. The second kappa shape index (κ2) is 2.29. The van der Waals surface area contributed by atoms with Crippen molar-refractivity contribution in [3.05, 3.63) is 48.8 Å². The third kappa shape index (κ3) is 0.839. The first-order valence-electron chi connectivity index (χ1n) is 4.13. The lowest BCUT2D eigenvalue weighted by Crippen LogP contribution is -2.15. The molecule has 0 fully saturated rings. The molecule has 0 bridgehead atoms. The largest absolute Gasteiger partial charge is 0.467 e. The third-order valence-electron chi connectivity index (χ3n) is 2.15. The van der Waals surface area contributed by atoms with E-state index in [0.717, 1.165) is 17.2 Å². The summed E-state index contributed by atoms with van der Waals surface area (Å²) in [6.07, 6.45) is 5.25. The first kappa shape index (κ1) is 6.60. The van der Waals surface area contributed by atoms with Crippen LogP contribution in [0, 0.1) is 0 Å². The summed E-state index contributed by atoms with van der Waals surface area (Å²) < 4.78 is 5.07. The van der Waals surface area contributed by atoms with Gasteiger partial charge in [-0.1, -0.05) is 12.1 Å². The van der Waals surface area contributed by atoms with Gasteiger partial charge in [-0.25, -0.2) is 0 Å². The van der Waals surface area contributed by atoms with Gasteiger partial charge in [0, 0.05) is 6.20 Å². The van der Waals surface area contributed by atoms with Crippen LogP contribution >= 0.6 is 0 Å². The summed E-state index contributed by atoms with van der Waals surface area (Å²) in [5.74, 6) is 0.962. The van der Waals surface area contributed by atoms with Crippen LogP contribution in [0.1, 0.15) is 0 Å². The van der Waals surface area contributed by atoms with E-state index in [1.807, 2.05) is 24.4 Å². The van der Waals surface area contributed by atoms with E-state index in [9.17, 15) is 0 Å². The van der Waals surface area contributed by atoms with Crippen LogP contribution in [0.5, 0.6) is 0 Å². The minimum absolute atomic E-state index is 0.962. The number of ether oxygens (including phenoxy) is 1. The van der Waals surface area contributed by atoms with E-state index in [0.29, 0.717) is 0 Å². The maximum absolute atomic E-state index is 5.07. The quantitative estimate of drug-likeness (QED) is 0.649. The molecule has 2 aliphatic heterocycles. The average Bonchev–Trinajstić information content (AvgIpc) is 2.56. The minimum atomic E-state index is 0.962. The Morgan fingerprint density at radius 1 is 1.23 bits per heavy atom. The van der Waals surface area contributed by atoms with Crippen molar-refractivity contribution < 1.29 is 4.74 Å². The second-order valence-electron chi connectivity index (χ2n) is 2.94. The monoisotopic (exact) mass is 172 g/mol. The molecule has 0 unspecified atom stereocenters. The van der Waals surface area contributed by atoms with Crippen LogP contribution in [-0.2, 0) is 4.74 Å². The predicted molar refractivity (Wildman–Crippen MR) is 50.9 cm³/mol. The van der Waals surface area contributed by atoms with Gasteiger partial charge in [-0.15, -0.1) is 0 Å². The topological polar surface area (TPSA) is 24.5 Å². The first-order valence-corrected chi connectivity index (χ1v) is 4.13. The smallest absolute Gasteiger partial charge is 0.151 e. The Balaban J connectivity index is 2.16. The minimum Gasteiger partial charge on any atom is -0.467 e. The Bertz CT molecular complexity index is 409. The van der Waals surface area contributed by atoms with E-state index in [1.54, 1.807) is 12.5 Å². The van der Waals surface area contributed by atoms with Crippen LogP contribution in [0.15, 0.2) is 48.8 Å². The molecule has 13 heavy (non-hydrogen) atoms. The second-order valence-corrected chi connectivity index (χ2v) is 2.94. The summed E-state index contributed by atoms with van der Waals surface area (Å²) in [6.45, 7) is 0. The number of rotatable bonds is 0. The molecule has 1 aromatic carbocycles. The molecule has 0 radical (unpaired) electrons. The molecular weight excluding hydrogens is 164 g/mol. The fourth-order valence-corrected chi connectivity index (χ4v) is 1.56. The molecule has 0 saturated heterocycles. The van der Waals surface area contributed by atoms with Crippen molar-refractivity contribution >= 4 is 11.4 Å². The van der Waals surface area contributed by atoms with Gasteiger partial charge >= 0.3 is 0 Å². The highest BCUT2D eigenvalue weighted by Gasteiger charge is 2.22. The van der Waals surface area contributed by atoms with E-state index < -0.39 is 0 Å². The van der Waals surface area contributed by atoms with Crippen LogP contribution in [0.4, 0.5) is 11.4 Å². The van der Waals surface area contributed by atoms with Gasteiger partial charge in [-0.3, -0.25) is 4.90 Å². The predicted octanol–water partition coefficient (Wildman–Crippen LogP) is 2.22. The number of fused-ring (bicyclic) bond motifs is 3. The van der Waals surface area contributed by atoms with Crippen molar-refractivity contribution in [2.75, 3.05) is 10.2 Å². The molecule has 0 amide bonds. The number of benzene rings is 1. The molecule has 2 aliphatic rings. The molecule has 0 spiro atoms. The van der Waals surface area contributed by atoms with E-state index in [-0.39, 0.29) is 0 Å². The van der Waals surface area contributed by atoms with Gasteiger partial charge in [0.25, 0.3) is 0 Å². The van der Waals surface area contributed by atoms with Crippen molar-refractivity contribution in [1.29, 1.82) is 0 Å². The van der Waals surface area contributed by atoms with Gasteiger partial charge in [0.05, 0.1) is 11.4 Å². The summed E-state index contributed by atoms with van der Waals surface area (Å²) in [7, 11) is 0. The lowest BCUT2D eigenvalue weighted by Gasteiger charge is -2.16. The van der Waals surface area contributed by atoms with Gasteiger partial charge in [-0.05, 0) is 12.1 Å². The fourth-order valence-electron chi connectivity index (χ4n) is 1.56.